The molecule has 0 bridgehead atoms. The number of nitrogens with zero attached hydrogens (tertiary/aromatic N) is 1. The summed E-state index contributed by atoms with van der Waals surface area (Å²) in [6.07, 6.45) is 8.64. The Hall–Kier alpha value is -2.11. The Morgan fingerprint density at radius 3 is 2.65 bits per heavy atom. The van der Waals surface area contributed by atoms with Crippen LogP contribution in [-0.2, 0) is 14.4 Å². The minimum Gasteiger partial charge on any atom is -0.481 e. The summed E-state index contributed by atoms with van der Waals surface area (Å²) in [7, 11) is 0. The third kappa shape index (κ3) is 6.32. The van der Waals surface area contributed by atoms with Crippen LogP contribution in [0.15, 0.2) is 0 Å². The van der Waals surface area contributed by atoms with Crippen molar-refractivity contribution in [3.8, 4) is 12.3 Å². The lowest BCUT2D eigenvalue weighted by atomic mass is 9.84. The highest BCUT2D eigenvalue weighted by molar-refractivity contribution is 5.86. The van der Waals surface area contributed by atoms with Crippen molar-refractivity contribution < 1.29 is 19.5 Å². The molecule has 2 amide bonds. The number of carbonyl (C=O) groups excluding carboxylic acids is 2. The molecule has 4 N–H and O–H groups in total. The van der Waals surface area contributed by atoms with Gasteiger partial charge in [0.15, 0.2) is 0 Å². The van der Waals surface area contributed by atoms with Crippen molar-refractivity contribution in [3.63, 3.8) is 0 Å². The second-order valence-electron chi connectivity index (χ2n) is 6.91. The van der Waals surface area contributed by atoms with Gasteiger partial charge in [-0.3, -0.25) is 19.3 Å². The fraction of sp³-hybridized carbons (Fsp3) is 0.722. The largest absolute Gasteiger partial charge is 0.481 e. The molecule has 2 unspecified atom stereocenters. The van der Waals surface area contributed by atoms with Gasteiger partial charge in [-0.1, -0.05) is 12.3 Å². The number of rotatable bonds is 7. The summed E-state index contributed by atoms with van der Waals surface area (Å²) in [5.74, 6) is 0.462. The van der Waals surface area contributed by atoms with Gasteiger partial charge in [0.2, 0.25) is 11.8 Å². The van der Waals surface area contributed by atoms with E-state index in [-0.39, 0.29) is 24.8 Å². The van der Waals surface area contributed by atoms with Crippen LogP contribution in [0.3, 0.4) is 0 Å². The van der Waals surface area contributed by atoms with E-state index < -0.39 is 17.9 Å². The molecule has 26 heavy (non-hydrogen) atoms. The number of nitrogens with one attached hydrogen (secondary N) is 3. The Bertz CT molecular complexity index is 554. The van der Waals surface area contributed by atoms with Crippen molar-refractivity contribution in [1.29, 1.82) is 0 Å². The highest BCUT2D eigenvalue weighted by atomic mass is 16.4. The molecule has 8 heteroatoms. The van der Waals surface area contributed by atoms with Crippen LogP contribution in [0.1, 0.15) is 32.1 Å². The normalized spacial score (nSPS) is 24.9. The van der Waals surface area contributed by atoms with Crippen molar-refractivity contribution in [2.45, 2.75) is 44.2 Å². The highest BCUT2D eigenvalue weighted by Gasteiger charge is 2.31. The van der Waals surface area contributed by atoms with E-state index in [0.29, 0.717) is 6.04 Å². The third-order valence-corrected chi connectivity index (χ3v) is 5.02. The monoisotopic (exact) mass is 364 g/mol. The van der Waals surface area contributed by atoms with Gasteiger partial charge in [-0.25, -0.2) is 0 Å². The molecule has 0 aromatic rings. The second kappa shape index (κ2) is 10.1. The summed E-state index contributed by atoms with van der Waals surface area (Å²) in [5.41, 5.74) is 0. The zero-order chi connectivity index (χ0) is 18.9. The van der Waals surface area contributed by atoms with E-state index in [4.69, 9.17) is 11.5 Å². The first kappa shape index (κ1) is 20.2. The van der Waals surface area contributed by atoms with E-state index in [1.54, 1.807) is 0 Å². The number of carboxylic acids is 1. The van der Waals surface area contributed by atoms with Crippen LogP contribution in [0.5, 0.6) is 0 Å². The molecule has 144 valence electrons. The van der Waals surface area contributed by atoms with Crippen LogP contribution in [0.25, 0.3) is 0 Å². The fourth-order valence-corrected chi connectivity index (χ4v) is 3.66. The smallest absolute Gasteiger partial charge is 0.306 e. The quantitative estimate of drug-likeness (QED) is 0.439. The van der Waals surface area contributed by atoms with Crippen LogP contribution >= 0.6 is 0 Å². The summed E-state index contributed by atoms with van der Waals surface area (Å²) in [6, 6.07) is -0.444. The maximum absolute atomic E-state index is 12.4. The van der Waals surface area contributed by atoms with E-state index in [1.807, 2.05) is 0 Å². The molecule has 1 aliphatic heterocycles. The second-order valence-corrected chi connectivity index (χ2v) is 6.91. The molecule has 0 radical (unpaired) electrons. The van der Waals surface area contributed by atoms with E-state index >= 15 is 0 Å². The molecule has 3 atom stereocenters. The molecule has 0 spiro atoms. The first-order valence-corrected chi connectivity index (χ1v) is 9.19. The Kier molecular flexibility index (Phi) is 7.88. The Labute approximate surface area is 154 Å². The van der Waals surface area contributed by atoms with Gasteiger partial charge in [0.1, 0.15) is 6.04 Å². The molecular weight excluding hydrogens is 336 g/mol. The number of terminal acetylenes is 1. The molecule has 0 aromatic carbocycles. The van der Waals surface area contributed by atoms with E-state index in [1.165, 1.54) is 0 Å². The average molecular weight is 364 g/mol. The number of amides is 2. The minimum absolute atomic E-state index is 0.0844. The number of carbonyl (C=O) groups is 3. The Morgan fingerprint density at radius 1 is 1.27 bits per heavy atom. The fourth-order valence-electron chi connectivity index (χ4n) is 3.66. The van der Waals surface area contributed by atoms with Gasteiger partial charge in [-0.05, 0) is 19.3 Å². The standard InChI is InChI=1S/C18H28N4O4/c1-2-14(11-17(24)25)21-16(23)12-20-18(26)13-4-3-5-15(10-13)22-8-6-19-7-9-22/h1,13-15,19H,3-12H2,(H,20,26)(H,21,23)(H,24,25)/t13?,14-,15?/m1/s1. The van der Waals surface area contributed by atoms with Gasteiger partial charge in [0, 0.05) is 38.1 Å². The topological polar surface area (TPSA) is 111 Å². The Morgan fingerprint density at radius 2 is 2.00 bits per heavy atom. The molecule has 1 saturated carbocycles. The van der Waals surface area contributed by atoms with Crippen LogP contribution in [0.2, 0.25) is 0 Å². The zero-order valence-electron chi connectivity index (χ0n) is 15.0. The molecule has 0 aromatic heterocycles. The number of piperazine rings is 1. The molecule has 1 heterocycles. The summed E-state index contributed by atoms with van der Waals surface area (Å²) >= 11 is 0. The van der Waals surface area contributed by atoms with Gasteiger partial charge < -0.3 is 21.1 Å². The predicted octanol–water partition coefficient (Wildman–Crippen LogP) is -0.841. The maximum atomic E-state index is 12.4. The van der Waals surface area contributed by atoms with Crippen molar-refractivity contribution in [2.75, 3.05) is 32.7 Å². The molecular formula is C18H28N4O4. The molecule has 2 fully saturated rings. The first-order chi connectivity index (χ1) is 12.5. The molecule has 8 nitrogen and oxygen atoms in total. The van der Waals surface area contributed by atoms with Crippen LogP contribution in [0.4, 0.5) is 0 Å². The van der Waals surface area contributed by atoms with Crippen molar-refractivity contribution in [2.24, 2.45) is 5.92 Å². The number of hydrogen-bond acceptors (Lipinski definition) is 5. The predicted molar refractivity (Wildman–Crippen MR) is 96.2 cm³/mol. The minimum atomic E-state index is -1.08. The summed E-state index contributed by atoms with van der Waals surface area (Å²) < 4.78 is 0. The molecule has 2 aliphatic rings. The maximum Gasteiger partial charge on any atom is 0.306 e. The van der Waals surface area contributed by atoms with Gasteiger partial charge in [0.25, 0.3) is 0 Å². The van der Waals surface area contributed by atoms with Crippen LogP contribution in [-0.4, -0.2) is 72.6 Å². The first-order valence-electron chi connectivity index (χ1n) is 9.19. The van der Waals surface area contributed by atoms with E-state index in [2.05, 4.69) is 26.8 Å². The van der Waals surface area contributed by atoms with E-state index in [9.17, 15) is 14.4 Å². The number of hydrogen-bond donors (Lipinski definition) is 4. The molecule has 2 rings (SSSR count). The molecule has 1 aliphatic carbocycles. The van der Waals surface area contributed by atoms with Gasteiger partial charge in [-0.15, -0.1) is 6.42 Å². The summed E-state index contributed by atoms with van der Waals surface area (Å²) in [6.45, 7) is 3.81. The van der Waals surface area contributed by atoms with Gasteiger partial charge in [0.05, 0.1) is 13.0 Å². The molecule has 1 saturated heterocycles. The lowest BCUT2D eigenvalue weighted by Crippen LogP contribution is -2.51. The lowest BCUT2D eigenvalue weighted by molar-refractivity contribution is -0.137. The SMILES string of the molecule is C#C[C@H](CC(=O)O)NC(=O)CNC(=O)C1CCCC(N2CCNCC2)C1. The third-order valence-electron chi connectivity index (χ3n) is 5.02. The Balaban J connectivity index is 1.75. The highest BCUT2D eigenvalue weighted by Crippen LogP contribution is 2.28. The average Bonchev–Trinajstić information content (AvgIpc) is 2.66. The summed E-state index contributed by atoms with van der Waals surface area (Å²) in [4.78, 5) is 37.4. The van der Waals surface area contributed by atoms with Crippen LogP contribution in [0, 0.1) is 18.3 Å². The number of carboxylic acid groups (broad SMARTS) is 1. The van der Waals surface area contributed by atoms with Gasteiger partial charge in [-0.2, -0.15) is 0 Å². The zero-order valence-corrected chi connectivity index (χ0v) is 15.0. The van der Waals surface area contributed by atoms with Crippen molar-refractivity contribution >= 4 is 17.8 Å². The van der Waals surface area contributed by atoms with Crippen LogP contribution < -0.4 is 16.0 Å². The summed E-state index contributed by atoms with van der Waals surface area (Å²) in [5, 5.41) is 17.2. The lowest BCUT2D eigenvalue weighted by Gasteiger charge is -2.39. The van der Waals surface area contributed by atoms with Crippen molar-refractivity contribution in [3.05, 3.63) is 0 Å². The number of aliphatic carboxylic acids is 1. The van der Waals surface area contributed by atoms with E-state index in [0.717, 1.165) is 51.9 Å². The van der Waals surface area contributed by atoms with Gasteiger partial charge >= 0.3 is 5.97 Å². The van der Waals surface area contributed by atoms with Crippen molar-refractivity contribution in [1.82, 2.24) is 20.9 Å².